The number of hydrogen-bond donors (Lipinski definition) is 2. The van der Waals surface area contributed by atoms with Crippen LogP contribution in [0.25, 0.3) is 11.3 Å². The lowest BCUT2D eigenvalue weighted by Crippen LogP contribution is -2.29. The van der Waals surface area contributed by atoms with E-state index in [0.717, 1.165) is 29.2 Å². The van der Waals surface area contributed by atoms with E-state index in [1.54, 1.807) is 0 Å². The molecule has 4 N–H and O–H groups in total. The zero-order valence-electron chi connectivity index (χ0n) is 10.2. The van der Waals surface area contributed by atoms with Crippen LogP contribution in [0.15, 0.2) is 35.3 Å². The number of hydrogen-bond acceptors (Lipinski definition) is 4. The number of anilines is 1. The average Bonchev–Trinajstić information content (AvgIpc) is 2.73. The van der Waals surface area contributed by atoms with Crippen LogP contribution < -0.4 is 11.5 Å². The molecule has 1 aliphatic rings. The second-order valence-corrected chi connectivity index (χ2v) is 4.59. The van der Waals surface area contributed by atoms with Gasteiger partial charge in [0.05, 0.1) is 18.3 Å². The molecule has 0 radical (unpaired) electrons. The summed E-state index contributed by atoms with van der Waals surface area (Å²) in [5, 5.41) is 4.56. The molecule has 0 bridgehead atoms. The van der Waals surface area contributed by atoms with Crippen molar-refractivity contribution in [3.8, 4) is 11.3 Å². The molecule has 3 rings (SSSR count). The first-order valence-electron chi connectivity index (χ1n) is 5.91. The number of fused-ring (bicyclic) bond motifs is 1. The first-order valence-corrected chi connectivity index (χ1v) is 5.91. The predicted octanol–water partition coefficient (Wildman–Crippen LogP) is 1.24. The van der Waals surface area contributed by atoms with E-state index >= 15 is 0 Å². The van der Waals surface area contributed by atoms with Crippen LogP contribution >= 0.6 is 0 Å². The Morgan fingerprint density at radius 2 is 2.11 bits per heavy atom. The van der Waals surface area contributed by atoms with E-state index in [-0.39, 0.29) is 6.04 Å². The van der Waals surface area contributed by atoms with Crippen molar-refractivity contribution < 1.29 is 0 Å². The number of amidine groups is 1. The molecule has 1 atom stereocenters. The molecule has 0 spiro atoms. The van der Waals surface area contributed by atoms with E-state index < -0.39 is 0 Å². The topological polar surface area (TPSA) is 82.2 Å². The molecule has 1 unspecified atom stereocenters. The fourth-order valence-corrected chi connectivity index (χ4v) is 2.20. The average molecular weight is 241 g/mol. The molecule has 5 nitrogen and oxygen atoms in total. The van der Waals surface area contributed by atoms with Gasteiger partial charge in [0.25, 0.3) is 0 Å². The SMILES string of the molecule is CC1Cn2nc(-c3cccc(N)c3)cc2C(N)=N1. The minimum atomic E-state index is 0.172. The lowest BCUT2D eigenvalue weighted by Gasteiger charge is -2.16. The lowest BCUT2D eigenvalue weighted by atomic mass is 10.1. The highest BCUT2D eigenvalue weighted by atomic mass is 15.3. The molecule has 18 heavy (non-hydrogen) atoms. The van der Waals surface area contributed by atoms with Crippen LogP contribution in [0.3, 0.4) is 0 Å². The van der Waals surface area contributed by atoms with Crippen LogP contribution in [0.1, 0.15) is 12.6 Å². The summed E-state index contributed by atoms with van der Waals surface area (Å²) < 4.78 is 1.91. The standard InChI is InChI=1S/C13H15N5/c1-8-7-18-12(13(15)16-8)6-11(17-18)9-3-2-4-10(14)5-9/h2-6,8H,7,14H2,1H3,(H2,15,16). The second-order valence-electron chi connectivity index (χ2n) is 4.59. The molecular weight excluding hydrogens is 226 g/mol. The highest BCUT2D eigenvalue weighted by Gasteiger charge is 2.19. The van der Waals surface area contributed by atoms with Gasteiger partial charge < -0.3 is 11.5 Å². The first kappa shape index (κ1) is 10.8. The van der Waals surface area contributed by atoms with E-state index in [4.69, 9.17) is 11.5 Å². The Morgan fingerprint density at radius 3 is 2.89 bits per heavy atom. The number of nitrogens with zero attached hydrogens (tertiary/aromatic N) is 3. The van der Waals surface area contributed by atoms with Gasteiger partial charge in [0.1, 0.15) is 11.5 Å². The summed E-state index contributed by atoms with van der Waals surface area (Å²) in [6.45, 7) is 2.79. The van der Waals surface area contributed by atoms with Crippen molar-refractivity contribution >= 4 is 11.5 Å². The normalized spacial score (nSPS) is 18.3. The van der Waals surface area contributed by atoms with Gasteiger partial charge in [0, 0.05) is 11.3 Å². The van der Waals surface area contributed by atoms with Crippen LogP contribution in [-0.2, 0) is 6.54 Å². The zero-order valence-corrected chi connectivity index (χ0v) is 10.2. The minimum Gasteiger partial charge on any atom is -0.399 e. The number of aromatic nitrogens is 2. The summed E-state index contributed by atoms with van der Waals surface area (Å²) >= 11 is 0. The third kappa shape index (κ3) is 1.73. The van der Waals surface area contributed by atoms with Crippen molar-refractivity contribution in [3.63, 3.8) is 0 Å². The Hall–Kier alpha value is -2.30. The Bertz CT molecular complexity index is 626. The predicted molar refractivity (Wildman–Crippen MR) is 72.3 cm³/mol. The van der Waals surface area contributed by atoms with E-state index in [1.165, 1.54) is 0 Å². The van der Waals surface area contributed by atoms with Gasteiger partial charge in [-0.2, -0.15) is 5.10 Å². The van der Waals surface area contributed by atoms with Crippen molar-refractivity contribution in [2.75, 3.05) is 5.73 Å². The maximum absolute atomic E-state index is 5.92. The van der Waals surface area contributed by atoms with E-state index in [0.29, 0.717) is 5.84 Å². The molecule has 1 aromatic heterocycles. The molecule has 0 amide bonds. The van der Waals surface area contributed by atoms with Crippen molar-refractivity contribution in [3.05, 3.63) is 36.0 Å². The Kier molecular flexibility index (Phi) is 2.33. The van der Waals surface area contributed by atoms with Crippen molar-refractivity contribution in [2.24, 2.45) is 10.7 Å². The van der Waals surface area contributed by atoms with Crippen LogP contribution in [0.5, 0.6) is 0 Å². The molecule has 1 aromatic carbocycles. The molecule has 0 aliphatic carbocycles. The van der Waals surface area contributed by atoms with Gasteiger partial charge in [-0.05, 0) is 25.1 Å². The lowest BCUT2D eigenvalue weighted by molar-refractivity contribution is 0.523. The van der Waals surface area contributed by atoms with Crippen LogP contribution in [0.4, 0.5) is 5.69 Å². The molecule has 1 aliphatic heterocycles. The smallest absolute Gasteiger partial charge is 0.144 e. The summed E-state index contributed by atoms with van der Waals surface area (Å²) in [6.07, 6.45) is 0. The van der Waals surface area contributed by atoms with Gasteiger partial charge in [-0.1, -0.05) is 12.1 Å². The van der Waals surface area contributed by atoms with Gasteiger partial charge in [0.2, 0.25) is 0 Å². The summed E-state index contributed by atoms with van der Waals surface area (Å²) in [7, 11) is 0. The second kappa shape index (κ2) is 3.87. The number of rotatable bonds is 1. The molecule has 92 valence electrons. The van der Waals surface area contributed by atoms with Crippen molar-refractivity contribution in [2.45, 2.75) is 19.5 Å². The minimum absolute atomic E-state index is 0.172. The molecule has 0 fully saturated rings. The van der Waals surface area contributed by atoms with Gasteiger partial charge >= 0.3 is 0 Å². The van der Waals surface area contributed by atoms with Crippen LogP contribution in [0.2, 0.25) is 0 Å². The maximum atomic E-state index is 5.92. The number of nitrogens with two attached hydrogens (primary N) is 2. The fraction of sp³-hybridized carbons (Fsp3) is 0.231. The van der Waals surface area contributed by atoms with Gasteiger partial charge in [0.15, 0.2) is 0 Å². The van der Waals surface area contributed by atoms with Crippen molar-refractivity contribution in [1.82, 2.24) is 9.78 Å². The van der Waals surface area contributed by atoms with E-state index in [9.17, 15) is 0 Å². The van der Waals surface area contributed by atoms with Crippen LogP contribution in [0, 0.1) is 0 Å². The largest absolute Gasteiger partial charge is 0.399 e. The maximum Gasteiger partial charge on any atom is 0.144 e. The van der Waals surface area contributed by atoms with E-state index in [1.807, 2.05) is 41.9 Å². The molecule has 5 heteroatoms. The summed E-state index contributed by atoms with van der Waals surface area (Å²) in [6, 6.07) is 9.80. The summed E-state index contributed by atoms with van der Waals surface area (Å²) in [5.74, 6) is 0.552. The summed E-state index contributed by atoms with van der Waals surface area (Å²) in [4.78, 5) is 4.36. The number of benzene rings is 1. The summed E-state index contributed by atoms with van der Waals surface area (Å²) in [5.41, 5.74) is 15.2. The molecule has 2 aromatic rings. The van der Waals surface area contributed by atoms with Gasteiger partial charge in [-0.25, -0.2) is 0 Å². The number of nitrogen functional groups attached to an aromatic ring is 1. The highest BCUT2D eigenvalue weighted by Crippen LogP contribution is 2.23. The Labute approximate surface area is 105 Å². The van der Waals surface area contributed by atoms with Crippen LogP contribution in [-0.4, -0.2) is 21.7 Å². The monoisotopic (exact) mass is 241 g/mol. The molecule has 0 saturated heterocycles. The highest BCUT2D eigenvalue weighted by molar-refractivity contribution is 5.97. The Morgan fingerprint density at radius 1 is 1.28 bits per heavy atom. The van der Waals surface area contributed by atoms with Gasteiger partial charge in [-0.15, -0.1) is 0 Å². The number of aliphatic imine (C=N–C) groups is 1. The first-order chi connectivity index (χ1) is 8.63. The van der Waals surface area contributed by atoms with E-state index in [2.05, 4.69) is 10.1 Å². The third-order valence-electron chi connectivity index (χ3n) is 3.02. The zero-order chi connectivity index (χ0) is 12.7. The quantitative estimate of drug-likeness (QED) is 0.737. The van der Waals surface area contributed by atoms with Gasteiger partial charge in [-0.3, -0.25) is 9.67 Å². The fourth-order valence-electron chi connectivity index (χ4n) is 2.20. The molecule has 2 heterocycles. The molecule has 0 saturated carbocycles. The van der Waals surface area contributed by atoms with Crippen molar-refractivity contribution in [1.29, 1.82) is 0 Å². The molecular formula is C13H15N5. The third-order valence-corrected chi connectivity index (χ3v) is 3.02. The Balaban J connectivity index is 2.07.